The molecule has 0 aliphatic rings. The van der Waals surface area contributed by atoms with Crippen LogP contribution in [0.5, 0.6) is 0 Å². The Labute approximate surface area is 362 Å². The standard InChI is InChI=1S/C54H42N2.2BrH/c1-3-11-43(12-4-1)39-55-35-31-47(32-36-55)45-25-19-41(20-26-45)23-29-53-49-15-7-9-17-51(49)54(52-18-10-8-16-50(52)53)30-24-42-21-27-46(28-22-42)48-33-37-56(38-34-48)40-44-13-5-2-6-14-44;;/h1-38H,39-40H2;2*1H/q+2;;/p-2/b29-23+,30-24+;;. The van der Waals surface area contributed by atoms with Crippen molar-refractivity contribution in [1.82, 2.24) is 0 Å². The van der Waals surface area contributed by atoms with Gasteiger partial charge in [0.25, 0.3) is 0 Å². The van der Waals surface area contributed by atoms with Crippen molar-refractivity contribution in [2.24, 2.45) is 0 Å². The first kappa shape index (κ1) is 40.0. The first-order valence-corrected chi connectivity index (χ1v) is 19.3. The van der Waals surface area contributed by atoms with Gasteiger partial charge in [0, 0.05) is 35.4 Å². The Morgan fingerprint density at radius 3 is 0.914 bits per heavy atom. The molecular formula is C54H42Br2N2. The summed E-state index contributed by atoms with van der Waals surface area (Å²) in [6.07, 6.45) is 17.7. The van der Waals surface area contributed by atoms with E-state index in [1.807, 2.05) is 0 Å². The van der Waals surface area contributed by atoms with Crippen LogP contribution >= 0.6 is 0 Å². The number of benzene rings is 7. The third kappa shape index (κ3) is 9.16. The van der Waals surface area contributed by atoms with Gasteiger partial charge < -0.3 is 34.0 Å². The zero-order valence-corrected chi connectivity index (χ0v) is 35.2. The maximum atomic E-state index is 2.29. The molecule has 7 aromatic carbocycles. The van der Waals surface area contributed by atoms with E-state index in [9.17, 15) is 0 Å². The fourth-order valence-electron chi connectivity index (χ4n) is 7.59. The normalized spacial score (nSPS) is 11.2. The summed E-state index contributed by atoms with van der Waals surface area (Å²) >= 11 is 0. The van der Waals surface area contributed by atoms with Gasteiger partial charge in [-0.2, -0.15) is 0 Å². The van der Waals surface area contributed by atoms with Crippen molar-refractivity contribution < 1.29 is 43.1 Å². The van der Waals surface area contributed by atoms with Gasteiger partial charge in [-0.05, 0) is 66.1 Å². The molecule has 9 rings (SSSR count). The van der Waals surface area contributed by atoms with Gasteiger partial charge in [-0.15, -0.1) is 0 Å². The second kappa shape index (κ2) is 18.8. The molecule has 0 spiro atoms. The Balaban J connectivity index is 0.00000256. The van der Waals surface area contributed by atoms with E-state index < -0.39 is 0 Å². The van der Waals surface area contributed by atoms with Gasteiger partial charge in [0.2, 0.25) is 0 Å². The molecule has 0 N–H and O–H groups in total. The molecule has 0 aliphatic heterocycles. The van der Waals surface area contributed by atoms with E-state index in [2.05, 4.69) is 240 Å². The molecule has 0 unspecified atom stereocenters. The lowest BCUT2D eigenvalue weighted by atomic mass is 9.90. The fourth-order valence-corrected chi connectivity index (χ4v) is 7.59. The molecule has 9 aromatic rings. The number of aromatic nitrogens is 2. The monoisotopic (exact) mass is 876 g/mol. The van der Waals surface area contributed by atoms with Gasteiger partial charge in [-0.3, -0.25) is 0 Å². The average molecular weight is 879 g/mol. The van der Waals surface area contributed by atoms with Crippen LogP contribution in [-0.2, 0) is 13.1 Å². The van der Waals surface area contributed by atoms with E-state index in [0.717, 1.165) is 13.1 Å². The summed E-state index contributed by atoms with van der Waals surface area (Å²) in [5.41, 5.74) is 12.3. The van der Waals surface area contributed by atoms with E-state index >= 15 is 0 Å². The van der Waals surface area contributed by atoms with Crippen LogP contribution in [0.4, 0.5) is 0 Å². The largest absolute Gasteiger partial charge is 1.00 e. The van der Waals surface area contributed by atoms with E-state index in [-0.39, 0.29) is 34.0 Å². The van der Waals surface area contributed by atoms with Crippen molar-refractivity contribution in [3.8, 4) is 22.3 Å². The summed E-state index contributed by atoms with van der Waals surface area (Å²) in [6, 6.07) is 65.2. The maximum absolute atomic E-state index is 2.29. The zero-order valence-electron chi connectivity index (χ0n) is 32.0. The average Bonchev–Trinajstić information content (AvgIpc) is 3.26. The lowest BCUT2D eigenvalue weighted by Crippen LogP contribution is -3.00. The smallest absolute Gasteiger partial charge is 0.173 e. The van der Waals surface area contributed by atoms with Crippen LogP contribution in [0.1, 0.15) is 33.4 Å². The van der Waals surface area contributed by atoms with Crippen LogP contribution < -0.4 is 43.1 Å². The molecule has 0 aliphatic carbocycles. The quantitative estimate of drug-likeness (QED) is 0.0862. The number of hydrogen-bond donors (Lipinski definition) is 0. The summed E-state index contributed by atoms with van der Waals surface area (Å²) in [5, 5.41) is 4.98. The van der Waals surface area contributed by atoms with E-state index in [4.69, 9.17) is 0 Å². The minimum Gasteiger partial charge on any atom is -1.00 e. The van der Waals surface area contributed by atoms with Crippen LogP contribution in [0.2, 0.25) is 0 Å². The molecule has 0 radical (unpaired) electrons. The van der Waals surface area contributed by atoms with Crippen LogP contribution in [-0.4, -0.2) is 0 Å². The zero-order chi connectivity index (χ0) is 37.5. The molecule has 2 aromatic heterocycles. The van der Waals surface area contributed by atoms with Crippen molar-refractivity contribution in [1.29, 1.82) is 0 Å². The molecule has 0 amide bonds. The van der Waals surface area contributed by atoms with E-state index in [1.54, 1.807) is 0 Å². The summed E-state index contributed by atoms with van der Waals surface area (Å²) in [5.74, 6) is 0. The first-order valence-electron chi connectivity index (χ1n) is 19.3. The van der Waals surface area contributed by atoms with Crippen molar-refractivity contribution in [3.63, 3.8) is 0 Å². The summed E-state index contributed by atoms with van der Waals surface area (Å²) in [7, 11) is 0. The lowest BCUT2D eigenvalue weighted by molar-refractivity contribution is -0.688. The van der Waals surface area contributed by atoms with Gasteiger partial charge in [-0.1, -0.05) is 182 Å². The van der Waals surface area contributed by atoms with Gasteiger partial charge >= 0.3 is 0 Å². The Kier molecular flexibility index (Phi) is 13.0. The molecule has 0 fully saturated rings. The highest BCUT2D eigenvalue weighted by Crippen LogP contribution is 2.35. The van der Waals surface area contributed by atoms with Gasteiger partial charge in [0.15, 0.2) is 37.9 Å². The van der Waals surface area contributed by atoms with Crippen LogP contribution in [0.15, 0.2) is 207 Å². The summed E-state index contributed by atoms with van der Waals surface area (Å²) in [4.78, 5) is 0. The molecule has 2 heterocycles. The molecule has 0 bridgehead atoms. The van der Waals surface area contributed by atoms with E-state index in [1.165, 1.54) is 77.2 Å². The van der Waals surface area contributed by atoms with Crippen LogP contribution in [0.25, 0.3) is 68.1 Å². The molecule has 4 heteroatoms. The lowest BCUT2D eigenvalue weighted by Gasteiger charge is -2.13. The van der Waals surface area contributed by atoms with Gasteiger partial charge in [0.05, 0.1) is 0 Å². The molecule has 282 valence electrons. The number of halogens is 2. The predicted molar refractivity (Wildman–Crippen MR) is 235 cm³/mol. The Hall–Kier alpha value is -6.20. The molecule has 0 saturated heterocycles. The van der Waals surface area contributed by atoms with Crippen molar-refractivity contribution >= 4 is 45.8 Å². The highest BCUT2D eigenvalue weighted by Gasteiger charge is 2.11. The van der Waals surface area contributed by atoms with Gasteiger partial charge in [-0.25, -0.2) is 9.13 Å². The summed E-state index contributed by atoms with van der Waals surface area (Å²) < 4.78 is 4.44. The molecule has 0 atom stereocenters. The number of hydrogen-bond acceptors (Lipinski definition) is 0. The molecule has 0 saturated carbocycles. The van der Waals surface area contributed by atoms with E-state index in [0.29, 0.717) is 0 Å². The predicted octanol–water partition coefficient (Wildman–Crippen LogP) is 6.35. The highest BCUT2D eigenvalue weighted by atomic mass is 79.9. The fraction of sp³-hybridized carbons (Fsp3) is 0.0370. The maximum Gasteiger partial charge on any atom is 0.173 e. The number of fused-ring (bicyclic) bond motifs is 2. The number of rotatable bonds is 10. The van der Waals surface area contributed by atoms with Gasteiger partial charge in [0.1, 0.15) is 0 Å². The Morgan fingerprint density at radius 1 is 0.293 bits per heavy atom. The second-order valence-electron chi connectivity index (χ2n) is 14.3. The second-order valence-corrected chi connectivity index (χ2v) is 14.3. The van der Waals surface area contributed by atoms with Crippen molar-refractivity contribution in [2.75, 3.05) is 0 Å². The SMILES string of the molecule is C(=C\c1c2ccccc2c(/C=C/c2ccc(-c3cc[n+](Cc4ccccc4)cc3)cc2)c2ccccc12)/c1ccc(-c2cc[n+](Cc3ccccc3)cc2)cc1.[Br-].[Br-]. The number of nitrogens with zero attached hydrogens (tertiary/aromatic N) is 2. The van der Waals surface area contributed by atoms with Crippen LogP contribution in [0, 0.1) is 0 Å². The first-order chi connectivity index (χ1) is 27.7. The minimum absolute atomic E-state index is 0. The third-order valence-electron chi connectivity index (χ3n) is 10.6. The summed E-state index contributed by atoms with van der Waals surface area (Å²) in [6.45, 7) is 1.73. The van der Waals surface area contributed by atoms with Crippen LogP contribution in [0.3, 0.4) is 0 Å². The topological polar surface area (TPSA) is 7.76 Å². The molecule has 2 nitrogen and oxygen atoms in total. The molecular weight excluding hydrogens is 836 g/mol. The Bertz CT molecular complexity index is 2540. The molecule has 58 heavy (non-hydrogen) atoms. The van der Waals surface area contributed by atoms with Crippen molar-refractivity contribution in [3.05, 3.63) is 240 Å². The number of pyridine rings is 2. The van der Waals surface area contributed by atoms with Crippen molar-refractivity contribution in [2.45, 2.75) is 13.1 Å². The third-order valence-corrected chi connectivity index (χ3v) is 10.6. The minimum atomic E-state index is 0. The highest BCUT2D eigenvalue weighted by molar-refractivity contribution is 6.14. The Morgan fingerprint density at radius 2 is 0.586 bits per heavy atom.